The molecule has 2 unspecified atom stereocenters. The van der Waals surface area contributed by atoms with Gasteiger partial charge in [-0.1, -0.05) is 24.3 Å². The Balaban J connectivity index is -0.000000621. The van der Waals surface area contributed by atoms with E-state index in [1.54, 1.807) is 24.3 Å². The number of hydrogen-bond acceptors (Lipinski definition) is 6. The maximum atomic E-state index is 11.4. The summed E-state index contributed by atoms with van der Waals surface area (Å²) in [6.07, 6.45) is 0.166. The molecule has 1 aromatic rings. The number of carboxylic acids is 1. The van der Waals surface area contributed by atoms with E-state index in [1.807, 2.05) is 0 Å². The molecular formula is C11H12Na3O5PS. The predicted molar refractivity (Wildman–Crippen MR) is 64.1 cm³/mol. The van der Waals surface area contributed by atoms with E-state index < -0.39 is 24.0 Å². The average Bonchev–Trinajstić information content (AvgIpc) is 2.70. The first-order valence-electron chi connectivity index (χ1n) is 5.16. The number of carbonyl (C=O) groups is 1. The van der Waals surface area contributed by atoms with Gasteiger partial charge in [-0.05, 0) is 23.2 Å². The number of aliphatic carboxylic acids is 1. The van der Waals surface area contributed by atoms with Crippen LogP contribution in [0.3, 0.4) is 0 Å². The quantitative estimate of drug-likeness (QED) is 0.417. The first-order chi connectivity index (χ1) is 8.41. The molecule has 0 fully saturated rings. The van der Waals surface area contributed by atoms with E-state index in [-0.39, 0.29) is 95.1 Å². The van der Waals surface area contributed by atoms with Gasteiger partial charge in [-0.25, -0.2) is 6.49 Å². The maximum Gasteiger partial charge on any atom is 1.00 e. The Hall–Kier alpha value is 2.22. The average molecular weight is 356 g/mol. The maximum absolute atomic E-state index is 11.4. The van der Waals surface area contributed by atoms with Gasteiger partial charge in [0.25, 0.3) is 0 Å². The monoisotopic (exact) mass is 356 g/mol. The molecule has 1 N–H and O–H groups in total. The Morgan fingerprint density at radius 1 is 1.24 bits per heavy atom. The molecule has 5 nitrogen and oxygen atoms in total. The van der Waals surface area contributed by atoms with Crippen molar-refractivity contribution in [1.82, 2.24) is 0 Å². The van der Waals surface area contributed by atoms with Gasteiger partial charge in [-0.2, -0.15) is 0 Å². The van der Waals surface area contributed by atoms with E-state index in [4.69, 9.17) is 5.11 Å². The van der Waals surface area contributed by atoms with Crippen molar-refractivity contribution in [2.75, 3.05) is 7.11 Å². The van der Waals surface area contributed by atoms with Crippen LogP contribution in [0, 0.1) is 0 Å². The molecule has 1 aliphatic rings. The summed E-state index contributed by atoms with van der Waals surface area (Å²) in [5.74, 6) is -2.51. The number of carboxylic acid groups (broad SMARTS) is 1. The largest absolute Gasteiger partial charge is 1.00 e. The second-order valence-corrected chi connectivity index (χ2v) is 7.08. The van der Waals surface area contributed by atoms with Crippen molar-refractivity contribution in [3.8, 4) is 0 Å². The van der Waals surface area contributed by atoms with Gasteiger partial charge < -0.3 is 24.8 Å². The Morgan fingerprint density at radius 3 is 2.14 bits per heavy atom. The van der Waals surface area contributed by atoms with Crippen LogP contribution in [0.2, 0.25) is 0 Å². The number of hydrogen-bond donors (Lipinski definition) is 1. The summed E-state index contributed by atoms with van der Waals surface area (Å²) in [4.78, 5) is 33.7. The molecule has 2 atom stereocenters. The van der Waals surface area contributed by atoms with Gasteiger partial charge in [0.2, 0.25) is 0 Å². The minimum Gasteiger partial charge on any atom is -0.832 e. The Morgan fingerprint density at radius 2 is 1.71 bits per heavy atom. The van der Waals surface area contributed by atoms with Crippen LogP contribution < -0.4 is 104 Å². The smallest absolute Gasteiger partial charge is 0.832 e. The minimum atomic E-state index is -4.09. The first-order valence-corrected chi connectivity index (χ1v) is 7.87. The van der Waals surface area contributed by atoms with Gasteiger partial charge in [-0.3, -0.25) is 0 Å². The van der Waals surface area contributed by atoms with Crippen molar-refractivity contribution >= 4 is 24.3 Å². The van der Waals surface area contributed by atoms with Gasteiger partial charge in [0.05, 0.1) is 0 Å². The number of aliphatic hydroxyl groups excluding tert-OH is 1. The summed E-state index contributed by atoms with van der Waals surface area (Å²) in [6.45, 7) is -4.09. The van der Waals surface area contributed by atoms with Crippen molar-refractivity contribution in [1.29, 1.82) is 0 Å². The summed E-state index contributed by atoms with van der Waals surface area (Å²) in [5.41, 5.74) is 0.181. The van der Waals surface area contributed by atoms with Crippen molar-refractivity contribution in [3.63, 3.8) is 0 Å². The van der Waals surface area contributed by atoms with Gasteiger partial charge in [0.15, 0.2) is 0 Å². The molecule has 0 amide bonds. The molecule has 0 radical (unpaired) electrons. The molecule has 10 heteroatoms. The summed E-state index contributed by atoms with van der Waals surface area (Å²) in [6, 6.07) is 6.75. The van der Waals surface area contributed by atoms with E-state index in [9.17, 15) is 19.7 Å². The molecule has 0 saturated carbocycles. The number of aliphatic hydroxyl groups is 1. The zero-order chi connectivity index (χ0) is 13.9. The van der Waals surface area contributed by atoms with E-state index >= 15 is 0 Å². The molecule has 100 valence electrons. The summed E-state index contributed by atoms with van der Waals surface area (Å²) < 4.78 is 0. The molecule has 2 rings (SSSR count). The first kappa shape index (κ1) is 28.0. The third kappa shape index (κ3) is 7.32. The van der Waals surface area contributed by atoms with Crippen LogP contribution in [-0.2, 0) is 23.0 Å². The number of benzene rings is 1. The van der Waals surface area contributed by atoms with Crippen LogP contribution in [0.15, 0.2) is 24.3 Å². The van der Waals surface area contributed by atoms with Crippen molar-refractivity contribution in [2.24, 2.45) is 0 Å². The molecule has 1 aliphatic carbocycles. The van der Waals surface area contributed by atoms with Gasteiger partial charge >= 0.3 is 88.7 Å². The molecule has 0 bridgehead atoms. The Kier molecular flexibility index (Phi) is 16.8. The summed E-state index contributed by atoms with van der Waals surface area (Å²) in [5, 5.41) is 18.0. The molecule has 0 spiro atoms. The third-order valence-electron chi connectivity index (χ3n) is 2.86. The van der Waals surface area contributed by atoms with Crippen LogP contribution >= 0.6 is 6.49 Å². The fourth-order valence-electron chi connectivity index (χ4n) is 2.15. The zero-order valence-corrected chi connectivity index (χ0v) is 20.3. The van der Waals surface area contributed by atoms with Crippen LogP contribution in [0.25, 0.3) is 0 Å². The topological polar surface area (TPSA) is 106 Å². The summed E-state index contributed by atoms with van der Waals surface area (Å²) >= 11 is 4.40. The predicted octanol–water partition coefficient (Wildman–Crippen LogP) is -10.9. The normalized spacial score (nSPS) is 18.7. The minimum absolute atomic E-state index is 0. The SMILES string of the molecule is CO.O=C([O-])C1c2ccccc2CC1P([O-])([O-])=S.[Na+].[Na+].[Na+]. The molecule has 21 heavy (non-hydrogen) atoms. The fraction of sp³-hybridized carbons (Fsp3) is 0.364. The van der Waals surface area contributed by atoms with Gasteiger partial charge in [-0.15, -0.1) is 11.8 Å². The second-order valence-electron chi connectivity index (χ2n) is 3.81. The molecular weight excluding hydrogens is 344 g/mol. The van der Waals surface area contributed by atoms with Crippen LogP contribution in [0.5, 0.6) is 0 Å². The Labute approximate surface area is 195 Å². The number of fused-ring (bicyclic) bond motifs is 1. The van der Waals surface area contributed by atoms with Crippen LogP contribution in [-0.4, -0.2) is 23.8 Å². The second kappa shape index (κ2) is 12.6. The van der Waals surface area contributed by atoms with Gasteiger partial charge in [0.1, 0.15) is 0 Å². The van der Waals surface area contributed by atoms with Crippen molar-refractivity contribution in [2.45, 2.75) is 18.0 Å². The Bertz CT molecular complexity index is 497. The van der Waals surface area contributed by atoms with E-state index in [0.29, 0.717) is 5.56 Å². The zero-order valence-electron chi connectivity index (χ0n) is 12.6. The van der Waals surface area contributed by atoms with Crippen molar-refractivity contribution in [3.05, 3.63) is 35.4 Å². The van der Waals surface area contributed by atoms with Gasteiger partial charge in [0, 0.05) is 19.0 Å². The third-order valence-corrected chi connectivity index (χ3v) is 4.97. The standard InChI is InChI=1S/C10H11O4PS.CH4O.3Na/c11-10(12)9-7-4-2-1-3-6(7)5-8(9)15(13,14)16;1-2;;;/h1-4,8-9H,5H2,(H,11,12)(H2,13,14,16);2H,1H3;;;/q;;3*+1/p-3. The molecule has 0 saturated heterocycles. The molecule has 0 aromatic heterocycles. The number of rotatable bonds is 2. The molecule has 1 aromatic carbocycles. The number of carbonyl (C=O) groups excluding carboxylic acids is 1. The van der Waals surface area contributed by atoms with Crippen LogP contribution in [0.4, 0.5) is 0 Å². The van der Waals surface area contributed by atoms with E-state index in [1.165, 1.54) is 0 Å². The van der Waals surface area contributed by atoms with Crippen LogP contribution in [0.1, 0.15) is 17.0 Å². The van der Waals surface area contributed by atoms with Crippen molar-refractivity contribution < 1.29 is 113 Å². The van der Waals surface area contributed by atoms with E-state index in [0.717, 1.165) is 12.7 Å². The van der Waals surface area contributed by atoms with E-state index in [2.05, 4.69) is 11.8 Å². The molecule has 0 heterocycles. The fourth-order valence-corrected chi connectivity index (χ4v) is 3.81. The summed E-state index contributed by atoms with van der Waals surface area (Å²) in [7, 11) is 1.00. The molecule has 0 aliphatic heterocycles.